The Hall–Kier alpha value is -7.25. The number of para-hydroxylation sites is 3. The van der Waals surface area contributed by atoms with Crippen LogP contribution in [0.2, 0.25) is 0 Å². The first-order chi connectivity index (χ1) is 32.9. The summed E-state index contributed by atoms with van der Waals surface area (Å²) >= 11 is 0. The van der Waals surface area contributed by atoms with Gasteiger partial charge in [0.2, 0.25) is 0 Å². The highest BCUT2D eigenvalue weighted by atomic mass is 19.1. The Kier molecular flexibility index (Phi) is 11.5. The van der Waals surface area contributed by atoms with Gasteiger partial charge in [-0.05, 0) is 146 Å². The molecule has 0 aliphatic carbocycles. The summed E-state index contributed by atoms with van der Waals surface area (Å²) in [5, 5.41) is 2.27. The minimum atomic E-state index is -0.589. The summed E-state index contributed by atoms with van der Waals surface area (Å²) in [6.07, 6.45) is 1.83. The summed E-state index contributed by atoms with van der Waals surface area (Å²) in [5.41, 5.74) is 14.5. The number of halogens is 2. The molecule has 0 unspecified atom stereocenters. The van der Waals surface area contributed by atoms with Gasteiger partial charge in [0.15, 0.2) is 0 Å². The second kappa shape index (κ2) is 17.4. The fourth-order valence-corrected chi connectivity index (χ4v) is 10.1. The van der Waals surface area contributed by atoms with E-state index in [2.05, 4.69) is 199 Å². The van der Waals surface area contributed by atoms with Gasteiger partial charge in [-0.1, -0.05) is 124 Å². The van der Waals surface area contributed by atoms with Crippen LogP contribution in [0.5, 0.6) is 11.5 Å². The minimum Gasteiger partial charge on any atom is -0.457 e. The van der Waals surface area contributed by atoms with Gasteiger partial charge in [0.05, 0.1) is 22.4 Å². The largest absolute Gasteiger partial charge is 0.457 e. The maximum atomic E-state index is 14.7. The predicted molar refractivity (Wildman–Crippen MR) is 283 cm³/mol. The summed E-state index contributed by atoms with van der Waals surface area (Å²) in [5.74, 6) is 1.32. The van der Waals surface area contributed by atoms with Gasteiger partial charge in [0, 0.05) is 46.5 Å². The van der Waals surface area contributed by atoms with E-state index in [-0.39, 0.29) is 22.7 Å². The molecule has 9 aromatic rings. The molecule has 0 fully saturated rings. The average molecular weight is 915 g/mol. The van der Waals surface area contributed by atoms with E-state index in [4.69, 9.17) is 9.72 Å². The SMILES string of the molecule is CC(C)c1cc(-c2cc(F)cc(F)c2)cc(C(C)C)c1N1CN(c2cc(Oc3ccc4c5ccccc5n(-c5ccccn5)c4c3)cc(-c3ccc(C(C)(C)C)cc3C(C)(C)C)c2)c2ccccc21. The zero-order valence-corrected chi connectivity index (χ0v) is 41.3. The lowest BCUT2D eigenvalue weighted by atomic mass is 9.77. The molecule has 7 heteroatoms. The van der Waals surface area contributed by atoms with Crippen LogP contribution in [0.25, 0.3) is 49.9 Å². The fraction of sp³-hybridized carbons (Fsp3) is 0.242. The minimum absolute atomic E-state index is 0.0247. The van der Waals surface area contributed by atoms with Crippen LogP contribution in [0.3, 0.4) is 0 Å². The van der Waals surface area contributed by atoms with Crippen LogP contribution < -0.4 is 14.5 Å². The molecule has 0 saturated heterocycles. The van der Waals surface area contributed by atoms with E-state index in [1.807, 2.05) is 24.4 Å². The molecule has 348 valence electrons. The van der Waals surface area contributed by atoms with Crippen molar-refractivity contribution in [3.8, 4) is 39.6 Å². The Morgan fingerprint density at radius 2 is 1.17 bits per heavy atom. The summed E-state index contributed by atoms with van der Waals surface area (Å²) < 4.78 is 38.6. The highest BCUT2D eigenvalue weighted by Crippen LogP contribution is 2.51. The number of nitrogens with zero attached hydrogens (tertiary/aromatic N) is 4. The standard InChI is InChI=1S/C62H60F2N4O/c1-38(2)52-31-41(40-27-44(63)34-45(64)28-40)32-53(39(3)4)60(52)67-37-66(56-19-13-14-20-57(56)67)46-29-42(49-24-22-43(61(5,6)7)33-54(49)62(8,9)10)30-48(35-46)69-47-23-25-51-50-17-11-12-18-55(50)68(58(51)36-47)59-21-15-16-26-65-59/h11-36,38-39H,37H2,1-10H3. The smallest absolute Gasteiger partial charge is 0.137 e. The highest BCUT2D eigenvalue weighted by Gasteiger charge is 2.33. The number of fused-ring (bicyclic) bond motifs is 4. The lowest BCUT2D eigenvalue weighted by molar-refractivity contribution is 0.483. The summed E-state index contributed by atoms with van der Waals surface area (Å²) in [4.78, 5) is 9.58. The second-order valence-electron chi connectivity index (χ2n) is 21.3. The van der Waals surface area contributed by atoms with Gasteiger partial charge < -0.3 is 14.5 Å². The number of hydrogen-bond acceptors (Lipinski definition) is 4. The predicted octanol–water partition coefficient (Wildman–Crippen LogP) is 17.7. The van der Waals surface area contributed by atoms with Crippen molar-refractivity contribution in [3.05, 3.63) is 192 Å². The fourth-order valence-electron chi connectivity index (χ4n) is 10.1. The molecule has 0 spiro atoms. The van der Waals surface area contributed by atoms with Crippen molar-refractivity contribution < 1.29 is 13.5 Å². The number of rotatable bonds is 9. The molecule has 0 saturated carbocycles. The van der Waals surface area contributed by atoms with E-state index in [1.54, 1.807) is 0 Å². The van der Waals surface area contributed by atoms with Crippen molar-refractivity contribution >= 4 is 44.6 Å². The van der Waals surface area contributed by atoms with Gasteiger partial charge in [-0.15, -0.1) is 0 Å². The highest BCUT2D eigenvalue weighted by molar-refractivity contribution is 6.09. The summed E-state index contributed by atoms with van der Waals surface area (Å²) in [7, 11) is 0. The van der Waals surface area contributed by atoms with Gasteiger partial charge in [0.1, 0.15) is 35.6 Å². The molecule has 0 N–H and O–H groups in total. The van der Waals surface area contributed by atoms with E-state index in [9.17, 15) is 8.78 Å². The summed E-state index contributed by atoms with van der Waals surface area (Å²) in [6, 6.07) is 51.0. The monoisotopic (exact) mass is 914 g/mol. The quantitative estimate of drug-likeness (QED) is 0.144. The molecular weight excluding hydrogens is 855 g/mol. The van der Waals surface area contributed by atoms with Gasteiger partial charge in [-0.2, -0.15) is 0 Å². The first-order valence-corrected chi connectivity index (χ1v) is 24.1. The van der Waals surface area contributed by atoms with Crippen LogP contribution in [0.15, 0.2) is 158 Å². The Morgan fingerprint density at radius 1 is 0.536 bits per heavy atom. The van der Waals surface area contributed by atoms with E-state index in [1.165, 1.54) is 23.3 Å². The third kappa shape index (κ3) is 8.53. The van der Waals surface area contributed by atoms with Gasteiger partial charge in [0.25, 0.3) is 0 Å². The van der Waals surface area contributed by atoms with Gasteiger partial charge in [-0.25, -0.2) is 13.8 Å². The molecule has 0 amide bonds. The van der Waals surface area contributed by atoms with Crippen LogP contribution in [-0.2, 0) is 10.8 Å². The zero-order chi connectivity index (χ0) is 48.5. The number of aromatic nitrogens is 2. The maximum Gasteiger partial charge on any atom is 0.137 e. The van der Waals surface area contributed by atoms with Crippen molar-refractivity contribution in [1.29, 1.82) is 0 Å². The van der Waals surface area contributed by atoms with Crippen molar-refractivity contribution in [2.24, 2.45) is 0 Å². The van der Waals surface area contributed by atoms with E-state index in [0.29, 0.717) is 12.2 Å². The number of anilines is 4. The van der Waals surface area contributed by atoms with Crippen LogP contribution in [0, 0.1) is 11.6 Å². The molecule has 5 nitrogen and oxygen atoms in total. The van der Waals surface area contributed by atoms with E-state index < -0.39 is 11.6 Å². The maximum absolute atomic E-state index is 14.7. The van der Waals surface area contributed by atoms with Crippen LogP contribution >= 0.6 is 0 Å². The Labute approximate surface area is 405 Å². The molecule has 1 aliphatic rings. The molecule has 1 aliphatic heterocycles. The van der Waals surface area contributed by atoms with Gasteiger partial charge in [-0.3, -0.25) is 4.57 Å². The average Bonchev–Trinajstić information content (AvgIpc) is 3.86. The molecule has 0 radical (unpaired) electrons. The van der Waals surface area contributed by atoms with Crippen molar-refractivity contribution in [3.63, 3.8) is 0 Å². The molecule has 0 atom stereocenters. The van der Waals surface area contributed by atoms with E-state index in [0.717, 1.165) is 95.8 Å². The third-order valence-electron chi connectivity index (χ3n) is 13.6. The number of benzene rings is 7. The van der Waals surface area contributed by atoms with E-state index >= 15 is 0 Å². The normalized spacial score (nSPS) is 13.1. The van der Waals surface area contributed by atoms with Crippen molar-refractivity contribution in [1.82, 2.24) is 9.55 Å². The molecule has 7 aromatic carbocycles. The topological polar surface area (TPSA) is 33.5 Å². The lowest BCUT2D eigenvalue weighted by Gasteiger charge is -2.30. The second-order valence-corrected chi connectivity index (χ2v) is 21.3. The van der Waals surface area contributed by atoms with Crippen molar-refractivity contribution in [2.45, 2.75) is 91.9 Å². The molecule has 69 heavy (non-hydrogen) atoms. The Morgan fingerprint density at radius 3 is 1.83 bits per heavy atom. The number of ether oxygens (including phenoxy) is 1. The van der Waals surface area contributed by atoms with Crippen LogP contribution in [0.1, 0.15) is 103 Å². The zero-order valence-electron chi connectivity index (χ0n) is 41.3. The first-order valence-electron chi connectivity index (χ1n) is 24.1. The van der Waals surface area contributed by atoms with Crippen LogP contribution in [-0.4, -0.2) is 16.2 Å². The number of hydrogen-bond donors (Lipinski definition) is 0. The van der Waals surface area contributed by atoms with Crippen LogP contribution in [0.4, 0.5) is 31.5 Å². The molecule has 3 heterocycles. The van der Waals surface area contributed by atoms with Crippen molar-refractivity contribution in [2.75, 3.05) is 16.5 Å². The lowest BCUT2D eigenvalue weighted by Crippen LogP contribution is -2.26. The first kappa shape index (κ1) is 45.5. The summed E-state index contributed by atoms with van der Waals surface area (Å²) in [6.45, 7) is 23.0. The molecule has 2 aromatic heterocycles. The van der Waals surface area contributed by atoms with Gasteiger partial charge >= 0.3 is 0 Å². The molecule has 10 rings (SSSR count). The molecular formula is C62H60F2N4O. The Bertz CT molecular complexity index is 3360. The molecule has 0 bridgehead atoms. The Balaban J connectivity index is 1.15. The number of pyridine rings is 1. The third-order valence-corrected chi connectivity index (χ3v) is 13.6.